The lowest BCUT2D eigenvalue weighted by Gasteiger charge is -2.26. The van der Waals surface area contributed by atoms with Gasteiger partial charge >= 0.3 is 0 Å². The van der Waals surface area contributed by atoms with Gasteiger partial charge in [0.25, 0.3) is 0 Å². The number of nitrogens with two attached hydrogens (primary N) is 1. The van der Waals surface area contributed by atoms with Crippen molar-refractivity contribution < 1.29 is 9.26 Å². The summed E-state index contributed by atoms with van der Waals surface area (Å²) >= 11 is 0. The topological polar surface area (TPSA) is 74.2 Å². The lowest BCUT2D eigenvalue weighted by atomic mass is 9.95. The first-order valence-electron chi connectivity index (χ1n) is 6.69. The molecule has 0 aromatic carbocycles. The van der Waals surface area contributed by atoms with E-state index in [2.05, 4.69) is 24.0 Å². The molecule has 1 fully saturated rings. The van der Waals surface area contributed by atoms with Crippen molar-refractivity contribution in [1.82, 2.24) is 10.1 Å². The van der Waals surface area contributed by atoms with Gasteiger partial charge in [-0.2, -0.15) is 4.98 Å². The summed E-state index contributed by atoms with van der Waals surface area (Å²) < 4.78 is 11.0. The molecule has 1 unspecified atom stereocenters. The SMILES string of the molecule is CCC(CC)(OC)c1noc(C(C)(N)C2CC2)n1. The number of methoxy groups -OCH3 is 1. The Kier molecular flexibility index (Phi) is 3.47. The third-order valence-electron chi connectivity index (χ3n) is 4.25. The Morgan fingerprint density at radius 3 is 2.44 bits per heavy atom. The molecule has 1 aliphatic rings. The van der Waals surface area contributed by atoms with Crippen molar-refractivity contribution in [1.29, 1.82) is 0 Å². The number of hydrogen-bond donors (Lipinski definition) is 1. The zero-order valence-electron chi connectivity index (χ0n) is 11.7. The van der Waals surface area contributed by atoms with Crippen molar-refractivity contribution in [2.45, 2.75) is 57.6 Å². The van der Waals surface area contributed by atoms with Crippen LogP contribution in [0.2, 0.25) is 0 Å². The number of aromatic nitrogens is 2. The minimum atomic E-state index is -0.508. The molecule has 1 saturated carbocycles. The molecule has 0 radical (unpaired) electrons. The molecule has 0 aliphatic heterocycles. The Labute approximate surface area is 108 Å². The molecule has 2 rings (SSSR count). The van der Waals surface area contributed by atoms with Crippen molar-refractivity contribution in [2.24, 2.45) is 11.7 Å². The Hall–Kier alpha value is -0.940. The quantitative estimate of drug-likeness (QED) is 0.842. The molecule has 5 heteroatoms. The van der Waals surface area contributed by atoms with Crippen molar-refractivity contribution in [2.75, 3.05) is 7.11 Å². The summed E-state index contributed by atoms with van der Waals surface area (Å²) in [5.74, 6) is 1.61. The van der Waals surface area contributed by atoms with Gasteiger partial charge in [-0.25, -0.2) is 0 Å². The maximum Gasteiger partial charge on any atom is 0.246 e. The molecule has 1 aliphatic carbocycles. The fraction of sp³-hybridized carbons (Fsp3) is 0.846. The highest BCUT2D eigenvalue weighted by atomic mass is 16.5. The van der Waals surface area contributed by atoms with Gasteiger partial charge in [0.1, 0.15) is 5.60 Å². The second-order valence-corrected chi connectivity index (χ2v) is 5.39. The first-order valence-corrected chi connectivity index (χ1v) is 6.69. The Bertz CT molecular complexity index is 398. The maximum atomic E-state index is 6.29. The summed E-state index contributed by atoms with van der Waals surface area (Å²) in [7, 11) is 1.69. The summed E-state index contributed by atoms with van der Waals surface area (Å²) in [6.07, 6.45) is 3.90. The van der Waals surface area contributed by atoms with Gasteiger partial charge in [0.15, 0.2) is 0 Å². The molecule has 1 aromatic rings. The maximum absolute atomic E-state index is 6.29. The fourth-order valence-electron chi connectivity index (χ4n) is 2.43. The predicted octanol–water partition coefficient (Wildman–Crippen LogP) is 2.32. The average molecular weight is 253 g/mol. The molecule has 2 N–H and O–H groups in total. The molecule has 5 nitrogen and oxygen atoms in total. The van der Waals surface area contributed by atoms with Gasteiger partial charge in [0.05, 0.1) is 5.54 Å². The van der Waals surface area contributed by atoms with Crippen LogP contribution in [0.4, 0.5) is 0 Å². The lowest BCUT2D eigenvalue weighted by Crippen LogP contribution is -2.36. The second kappa shape index (κ2) is 4.63. The van der Waals surface area contributed by atoms with Crippen LogP contribution in [0.15, 0.2) is 4.52 Å². The minimum absolute atomic E-state index is 0.457. The van der Waals surface area contributed by atoms with E-state index in [1.807, 2.05) is 6.92 Å². The van der Waals surface area contributed by atoms with E-state index in [9.17, 15) is 0 Å². The molecule has 1 atom stereocenters. The largest absolute Gasteiger partial charge is 0.370 e. The van der Waals surface area contributed by atoms with Crippen molar-refractivity contribution >= 4 is 0 Å². The normalized spacial score (nSPS) is 19.8. The summed E-state index contributed by atoms with van der Waals surface area (Å²) in [5, 5.41) is 4.09. The van der Waals surface area contributed by atoms with Crippen molar-refractivity contribution in [3.63, 3.8) is 0 Å². The Morgan fingerprint density at radius 1 is 1.39 bits per heavy atom. The number of rotatable bonds is 6. The molecule has 0 amide bonds. The molecule has 0 spiro atoms. The van der Waals surface area contributed by atoms with E-state index in [0.29, 0.717) is 17.6 Å². The molecule has 1 aromatic heterocycles. The van der Waals surface area contributed by atoms with Gasteiger partial charge in [-0.15, -0.1) is 0 Å². The highest BCUT2D eigenvalue weighted by Crippen LogP contribution is 2.43. The van der Waals surface area contributed by atoms with E-state index in [1.54, 1.807) is 7.11 Å². The van der Waals surface area contributed by atoms with Gasteiger partial charge in [-0.3, -0.25) is 0 Å². The van der Waals surface area contributed by atoms with Gasteiger partial charge in [0, 0.05) is 7.11 Å². The lowest BCUT2D eigenvalue weighted by molar-refractivity contribution is -0.0306. The van der Waals surface area contributed by atoms with Gasteiger partial charge in [-0.1, -0.05) is 19.0 Å². The minimum Gasteiger partial charge on any atom is -0.370 e. The monoisotopic (exact) mass is 253 g/mol. The summed E-state index contributed by atoms with van der Waals surface area (Å²) in [6, 6.07) is 0. The highest BCUT2D eigenvalue weighted by Gasteiger charge is 2.45. The zero-order valence-corrected chi connectivity index (χ0v) is 11.7. The second-order valence-electron chi connectivity index (χ2n) is 5.39. The van der Waals surface area contributed by atoms with Gasteiger partial charge in [-0.05, 0) is 38.5 Å². The van der Waals surface area contributed by atoms with Crippen LogP contribution in [-0.4, -0.2) is 17.3 Å². The van der Waals surface area contributed by atoms with Crippen LogP contribution in [0.25, 0.3) is 0 Å². The van der Waals surface area contributed by atoms with Crippen LogP contribution < -0.4 is 5.73 Å². The summed E-state index contributed by atoms with van der Waals surface area (Å²) in [5.41, 5.74) is 5.32. The van der Waals surface area contributed by atoms with Crippen LogP contribution in [-0.2, 0) is 15.9 Å². The third kappa shape index (κ3) is 2.06. The fourth-order valence-corrected chi connectivity index (χ4v) is 2.43. The van der Waals surface area contributed by atoms with Crippen molar-refractivity contribution in [3.05, 3.63) is 11.7 Å². The molecule has 0 saturated heterocycles. The summed E-state index contributed by atoms with van der Waals surface area (Å²) in [4.78, 5) is 4.50. The average Bonchev–Trinajstić information content (AvgIpc) is 3.12. The third-order valence-corrected chi connectivity index (χ3v) is 4.25. The van der Waals surface area contributed by atoms with Crippen LogP contribution >= 0.6 is 0 Å². The smallest absolute Gasteiger partial charge is 0.246 e. The standard InChI is InChI=1S/C13H23N3O2/c1-5-13(6-2,17-4)10-15-11(18-16-10)12(3,14)9-7-8-9/h9H,5-8,14H2,1-4H3. The van der Waals surface area contributed by atoms with Crippen LogP contribution in [0, 0.1) is 5.92 Å². The van der Waals surface area contributed by atoms with Gasteiger partial charge in [0.2, 0.25) is 11.7 Å². The van der Waals surface area contributed by atoms with Crippen LogP contribution in [0.1, 0.15) is 58.2 Å². The highest BCUT2D eigenvalue weighted by molar-refractivity contribution is 5.10. The number of ether oxygens (including phenoxy) is 1. The van der Waals surface area contributed by atoms with Crippen molar-refractivity contribution in [3.8, 4) is 0 Å². The van der Waals surface area contributed by atoms with E-state index in [0.717, 1.165) is 25.7 Å². The molecular formula is C13H23N3O2. The molecule has 18 heavy (non-hydrogen) atoms. The Morgan fingerprint density at radius 2 is 2.00 bits per heavy atom. The van der Waals surface area contributed by atoms with E-state index in [1.165, 1.54) is 0 Å². The predicted molar refractivity (Wildman–Crippen MR) is 67.8 cm³/mol. The van der Waals surface area contributed by atoms with E-state index in [-0.39, 0.29) is 0 Å². The van der Waals surface area contributed by atoms with E-state index >= 15 is 0 Å². The van der Waals surface area contributed by atoms with Gasteiger partial charge < -0.3 is 15.0 Å². The number of hydrogen-bond acceptors (Lipinski definition) is 5. The zero-order chi connectivity index (χ0) is 13.4. The number of nitrogens with zero attached hydrogens (tertiary/aromatic N) is 2. The molecular weight excluding hydrogens is 230 g/mol. The van der Waals surface area contributed by atoms with Crippen LogP contribution in [0.3, 0.4) is 0 Å². The van der Waals surface area contributed by atoms with E-state index in [4.69, 9.17) is 15.0 Å². The first kappa shape index (κ1) is 13.5. The van der Waals surface area contributed by atoms with Crippen LogP contribution in [0.5, 0.6) is 0 Å². The van der Waals surface area contributed by atoms with E-state index < -0.39 is 11.1 Å². The Balaban J connectivity index is 2.29. The molecule has 0 bridgehead atoms. The molecule has 1 heterocycles. The molecule has 102 valence electrons. The first-order chi connectivity index (χ1) is 8.50. The summed E-state index contributed by atoms with van der Waals surface area (Å²) in [6.45, 7) is 6.09.